The van der Waals surface area contributed by atoms with Crippen LogP contribution in [0.1, 0.15) is 20.7 Å². The molecule has 1 aliphatic heterocycles. The maximum atomic E-state index is 13.4. The normalized spacial score (nSPS) is 13.4. The van der Waals surface area contributed by atoms with Crippen molar-refractivity contribution in [2.24, 2.45) is 0 Å². The van der Waals surface area contributed by atoms with E-state index in [4.69, 9.17) is 0 Å². The van der Waals surface area contributed by atoms with Gasteiger partial charge in [0.1, 0.15) is 5.82 Å². The summed E-state index contributed by atoms with van der Waals surface area (Å²) in [5.41, 5.74) is 1.23. The monoisotopic (exact) mass is 355 g/mol. The van der Waals surface area contributed by atoms with E-state index in [-0.39, 0.29) is 17.7 Å². The lowest BCUT2D eigenvalue weighted by Gasteiger charge is -2.12. The Morgan fingerprint density at radius 3 is 2.40 bits per heavy atom. The Morgan fingerprint density at radius 2 is 1.72 bits per heavy atom. The minimum Gasteiger partial charge on any atom is -0.269 e. The maximum absolute atomic E-state index is 13.4. The molecule has 2 aromatic carbocycles. The van der Waals surface area contributed by atoms with E-state index in [1.807, 2.05) is 0 Å². The third kappa shape index (κ3) is 2.68. The molecule has 0 atom stereocenters. The summed E-state index contributed by atoms with van der Waals surface area (Å²) in [6.07, 6.45) is 0. The number of thioether (sulfide) groups is 1. The van der Waals surface area contributed by atoms with Crippen LogP contribution in [0.5, 0.6) is 0 Å². The fraction of sp³-hybridized carbons (Fsp3) is 0.0625. The zero-order valence-corrected chi connectivity index (χ0v) is 13.5. The summed E-state index contributed by atoms with van der Waals surface area (Å²) < 4.78 is 14.7. The molecule has 0 radical (unpaired) electrons. The molecule has 124 valence electrons. The van der Waals surface area contributed by atoms with Crippen LogP contribution in [0.4, 0.5) is 4.39 Å². The summed E-state index contributed by atoms with van der Waals surface area (Å²) in [7, 11) is 0. The lowest BCUT2D eigenvalue weighted by molar-refractivity contribution is 0.0684. The number of carbonyl (C=O) groups is 2. The number of amides is 2. The Morgan fingerprint density at radius 1 is 1.00 bits per heavy atom. The number of aromatic nitrogens is 4. The van der Waals surface area contributed by atoms with Crippen LogP contribution in [-0.2, 0) is 0 Å². The average molecular weight is 355 g/mol. The van der Waals surface area contributed by atoms with Crippen molar-refractivity contribution in [1.29, 1.82) is 0 Å². The van der Waals surface area contributed by atoms with Gasteiger partial charge in [0, 0.05) is 0 Å². The zero-order chi connectivity index (χ0) is 17.4. The van der Waals surface area contributed by atoms with Gasteiger partial charge in [-0.3, -0.25) is 14.5 Å². The lowest BCUT2D eigenvalue weighted by Crippen LogP contribution is -2.29. The molecule has 9 heteroatoms. The third-order valence-electron chi connectivity index (χ3n) is 3.69. The number of hydrogen-bond donors (Lipinski definition) is 0. The van der Waals surface area contributed by atoms with Gasteiger partial charge in [-0.05, 0) is 40.8 Å². The van der Waals surface area contributed by atoms with Crippen LogP contribution >= 0.6 is 11.8 Å². The molecule has 4 rings (SSSR count). The largest absolute Gasteiger partial charge is 0.269 e. The highest BCUT2D eigenvalue weighted by atomic mass is 32.2. The summed E-state index contributed by atoms with van der Waals surface area (Å²) in [5, 5.41) is 11.6. The highest BCUT2D eigenvalue weighted by Gasteiger charge is 2.35. The number of imide groups is 1. The number of nitrogens with zero attached hydrogens (tertiary/aromatic N) is 5. The Labute approximate surface area is 145 Å². The van der Waals surface area contributed by atoms with Crippen LogP contribution in [-0.4, -0.2) is 42.8 Å². The van der Waals surface area contributed by atoms with Crippen molar-refractivity contribution >= 4 is 23.6 Å². The summed E-state index contributed by atoms with van der Waals surface area (Å²) in [5.74, 6) is -1.05. The fourth-order valence-corrected chi connectivity index (χ4v) is 3.36. The molecule has 1 aliphatic rings. The van der Waals surface area contributed by atoms with Gasteiger partial charge in [0.2, 0.25) is 5.16 Å². The van der Waals surface area contributed by atoms with Crippen LogP contribution in [0.2, 0.25) is 0 Å². The number of benzene rings is 2. The molecular weight excluding hydrogens is 345 g/mol. The van der Waals surface area contributed by atoms with Gasteiger partial charge in [-0.15, -0.1) is 5.10 Å². The first kappa shape index (κ1) is 15.5. The van der Waals surface area contributed by atoms with Crippen LogP contribution in [0.25, 0.3) is 5.69 Å². The predicted octanol–water partition coefficient (Wildman–Crippen LogP) is 2.15. The molecule has 0 saturated carbocycles. The standard InChI is InChI=1S/C16H10FN5O2S/c17-10-4-3-5-11(8-10)22-16(18-19-20-22)25-9-21-14(23)12-6-1-2-7-13(12)15(21)24/h1-8H,9H2. The molecule has 0 saturated heterocycles. The van der Waals surface area contributed by atoms with E-state index < -0.39 is 5.82 Å². The smallest absolute Gasteiger partial charge is 0.262 e. The minimum absolute atomic E-state index is 0.0576. The second kappa shape index (κ2) is 6.10. The van der Waals surface area contributed by atoms with E-state index >= 15 is 0 Å². The predicted molar refractivity (Wildman–Crippen MR) is 86.8 cm³/mol. The van der Waals surface area contributed by atoms with Crippen LogP contribution in [0.3, 0.4) is 0 Å². The van der Waals surface area contributed by atoms with Crippen LogP contribution < -0.4 is 0 Å². The van der Waals surface area contributed by atoms with E-state index in [0.29, 0.717) is 22.0 Å². The lowest BCUT2D eigenvalue weighted by atomic mass is 10.1. The van der Waals surface area contributed by atoms with Gasteiger partial charge >= 0.3 is 0 Å². The number of carbonyl (C=O) groups excluding carboxylic acids is 2. The zero-order valence-electron chi connectivity index (χ0n) is 12.7. The molecule has 0 unspecified atom stereocenters. The quantitative estimate of drug-likeness (QED) is 0.527. The minimum atomic E-state index is -0.413. The highest BCUT2D eigenvalue weighted by molar-refractivity contribution is 7.99. The molecule has 0 N–H and O–H groups in total. The number of hydrogen-bond acceptors (Lipinski definition) is 6. The molecular formula is C16H10FN5O2S. The number of fused-ring (bicyclic) bond motifs is 1. The van der Waals surface area contributed by atoms with Gasteiger partial charge in [-0.1, -0.05) is 30.0 Å². The van der Waals surface area contributed by atoms with Gasteiger partial charge in [0.05, 0.1) is 22.7 Å². The Balaban J connectivity index is 1.55. The van der Waals surface area contributed by atoms with Gasteiger partial charge < -0.3 is 0 Å². The first-order valence-electron chi connectivity index (χ1n) is 7.27. The van der Waals surface area contributed by atoms with E-state index in [2.05, 4.69) is 15.5 Å². The number of rotatable bonds is 4. The van der Waals surface area contributed by atoms with Crippen molar-refractivity contribution < 1.29 is 14.0 Å². The van der Waals surface area contributed by atoms with Crippen LogP contribution in [0, 0.1) is 5.82 Å². The van der Waals surface area contributed by atoms with Gasteiger partial charge in [0.25, 0.3) is 11.8 Å². The fourth-order valence-electron chi connectivity index (χ4n) is 2.52. The second-order valence-corrected chi connectivity index (χ2v) is 6.12. The van der Waals surface area contributed by atoms with E-state index in [1.165, 1.54) is 16.8 Å². The molecule has 3 aromatic rings. The van der Waals surface area contributed by atoms with Crippen LogP contribution in [0.15, 0.2) is 53.7 Å². The van der Waals surface area contributed by atoms with Crippen molar-refractivity contribution in [3.63, 3.8) is 0 Å². The summed E-state index contributed by atoms with van der Waals surface area (Å²) >= 11 is 1.12. The summed E-state index contributed by atoms with van der Waals surface area (Å²) in [4.78, 5) is 25.8. The molecule has 2 heterocycles. The Kier molecular flexibility index (Phi) is 3.77. The number of tetrazole rings is 1. The van der Waals surface area contributed by atoms with Crippen molar-refractivity contribution in [1.82, 2.24) is 25.1 Å². The van der Waals surface area contributed by atoms with Crippen molar-refractivity contribution in [2.75, 3.05) is 5.88 Å². The summed E-state index contributed by atoms with van der Waals surface area (Å²) in [6, 6.07) is 12.5. The molecule has 7 nitrogen and oxygen atoms in total. The van der Waals surface area contributed by atoms with Gasteiger partial charge in [-0.25, -0.2) is 4.39 Å². The van der Waals surface area contributed by atoms with E-state index in [1.54, 1.807) is 36.4 Å². The average Bonchev–Trinajstić information content (AvgIpc) is 3.18. The van der Waals surface area contributed by atoms with Crippen molar-refractivity contribution in [3.05, 3.63) is 65.5 Å². The molecule has 2 amide bonds. The molecule has 0 bridgehead atoms. The van der Waals surface area contributed by atoms with Crippen molar-refractivity contribution in [3.8, 4) is 5.69 Å². The highest BCUT2D eigenvalue weighted by Crippen LogP contribution is 2.26. The van der Waals surface area contributed by atoms with Gasteiger partial charge in [0.15, 0.2) is 0 Å². The van der Waals surface area contributed by atoms with Gasteiger partial charge in [-0.2, -0.15) is 4.68 Å². The summed E-state index contributed by atoms with van der Waals surface area (Å²) in [6.45, 7) is 0. The third-order valence-corrected chi connectivity index (χ3v) is 4.59. The Hall–Kier alpha value is -3.07. The molecule has 0 aliphatic carbocycles. The Bertz CT molecular complexity index is 955. The maximum Gasteiger partial charge on any atom is 0.262 e. The topological polar surface area (TPSA) is 81.0 Å². The molecule has 0 fully saturated rings. The number of halogens is 1. The first-order chi connectivity index (χ1) is 12.1. The first-order valence-corrected chi connectivity index (χ1v) is 8.26. The molecule has 0 spiro atoms. The van der Waals surface area contributed by atoms with Crippen molar-refractivity contribution in [2.45, 2.75) is 5.16 Å². The second-order valence-electron chi connectivity index (χ2n) is 5.21. The molecule has 1 aromatic heterocycles. The van der Waals surface area contributed by atoms with E-state index in [0.717, 1.165) is 16.7 Å². The van der Waals surface area contributed by atoms with E-state index in [9.17, 15) is 14.0 Å². The molecule has 25 heavy (non-hydrogen) atoms. The SMILES string of the molecule is O=C1c2ccccc2C(=O)N1CSc1nnnn1-c1cccc(F)c1.